The zero-order valence-corrected chi connectivity index (χ0v) is 3.39. The largest absolute Gasteiger partial charge is 1.00 e. The third-order valence-corrected chi connectivity index (χ3v) is 0.607. The van der Waals surface area contributed by atoms with Gasteiger partial charge in [0.05, 0.1) is 0 Å². The van der Waals surface area contributed by atoms with Crippen LogP contribution >= 0.6 is 0 Å². The summed E-state index contributed by atoms with van der Waals surface area (Å²) in [6.07, 6.45) is 3.75. The number of aromatic nitrogens is 1. The SMILES string of the molecule is [H+].c1cc[nH+]cc1. The fraction of sp³-hybridized carbons (Fsp3) is 0. The van der Waals surface area contributed by atoms with Gasteiger partial charge in [-0.1, -0.05) is 6.07 Å². The second kappa shape index (κ2) is 1.55. The van der Waals surface area contributed by atoms with Crippen molar-refractivity contribution in [1.82, 2.24) is 0 Å². The Morgan fingerprint density at radius 1 is 1.00 bits per heavy atom. The second-order valence-corrected chi connectivity index (χ2v) is 1.08. The summed E-state index contributed by atoms with van der Waals surface area (Å²) in [5, 5.41) is 0. The normalized spacial score (nSPS) is 8.00. The molecule has 0 radical (unpaired) electrons. The highest BCUT2D eigenvalue weighted by molar-refractivity contribution is 4.82. The minimum absolute atomic E-state index is 0. The predicted octanol–water partition coefficient (Wildman–Crippen LogP) is 0.613. The Balaban J connectivity index is 0.000000360. The van der Waals surface area contributed by atoms with Gasteiger partial charge in [-0.2, -0.15) is 0 Å². The van der Waals surface area contributed by atoms with Crippen LogP contribution in [0.2, 0.25) is 0 Å². The van der Waals surface area contributed by atoms with Crippen molar-refractivity contribution in [2.24, 2.45) is 0 Å². The second-order valence-electron chi connectivity index (χ2n) is 1.08. The maximum absolute atomic E-state index is 2.89. The molecule has 0 aliphatic heterocycles. The number of hydrogen-bond donors (Lipinski definition) is 0. The minimum Gasteiger partial charge on any atom is -0.218 e. The summed E-state index contributed by atoms with van der Waals surface area (Å²) < 4.78 is 0. The lowest BCUT2D eigenvalue weighted by molar-refractivity contribution is -0.377. The molecule has 30 valence electrons. The van der Waals surface area contributed by atoms with E-state index in [1.54, 1.807) is 0 Å². The molecule has 1 nitrogen and oxygen atoms in total. The molecule has 0 saturated heterocycles. The van der Waals surface area contributed by atoms with Crippen molar-refractivity contribution in [3.05, 3.63) is 30.6 Å². The maximum atomic E-state index is 2.89. The standard InChI is InChI=1S/C5H5N/c1-2-4-6-5-3-1/h1-5H/p+2. The van der Waals surface area contributed by atoms with Crippen LogP contribution in [0.15, 0.2) is 30.6 Å². The van der Waals surface area contributed by atoms with Crippen molar-refractivity contribution < 1.29 is 6.41 Å². The van der Waals surface area contributed by atoms with E-state index < -0.39 is 0 Å². The van der Waals surface area contributed by atoms with E-state index in [1.165, 1.54) is 0 Å². The van der Waals surface area contributed by atoms with Gasteiger partial charge in [0, 0.05) is 12.1 Å². The van der Waals surface area contributed by atoms with Gasteiger partial charge in [-0.15, -0.1) is 0 Å². The highest BCUT2D eigenvalue weighted by atomic mass is 14.6. The van der Waals surface area contributed by atoms with Crippen LogP contribution in [0.25, 0.3) is 0 Å². The topological polar surface area (TPSA) is 14.1 Å². The van der Waals surface area contributed by atoms with Crippen molar-refractivity contribution in [2.45, 2.75) is 0 Å². The highest BCUT2D eigenvalue weighted by Gasteiger charge is 1.65. The first-order valence-electron chi connectivity index (χ1n) is 1.91. The third kappa shape index (κ3) is 0.549. The predicted molar refractivity (Wildman–Crippen MR) is 24.1 cm³/mol. The third-order valence-electron chi connectivity index (χ3n) is 0.607. The molecule has 6 heavy (non-hydrogen) atoms. The van der Waals surface area contributed by atoms with Gasteiger partial charge in [0.2, 0.25) is 0 Å². The molecule has 0 saturated carbocycles. The average molecular weight is 81.1 g/mol. The summed E-state index contributed by atoms with van der Waals surface area (Å²) in [5.74, 6) is 0. The van der Waals surface area contributed by atoms with E-state index in [-0.39, 0.29) is 1.43 Å². The van der Waals surface area contributed by atoms with Gasteiger partial charge in [-0.25, -0.2) is 4.98 Å². The van der Waals surface area contributed by atoms with Gasteiger partial charge in [0.1, 0.15) is 0 Å². The zero-order valence-electron chi connectivity index (χ0n) is 4.39. The van der Waals surface area contributed by atoms with Crippen LogP contribution in [0, 0.1) is 0 Å². The van der Waals surface area contributed by atoms with Crippen LogP contribution in [0.1, 0.15) is 1.43 Å². The summed E-state index contributed by atoms with van der Waals surface area (Å²) in [7, 11) is 0. The lowest BCUT2D eigenvalue weighted by atomic mass is 10.5. The lowest BCUT2D eigenvalue weighted by Gasteiger charge is -1.63. The molecule has 1 heterocycles. The molecule has 0 atom stereocenters. The number of H-pyrrole nitrogens is 1. The Morgan fingerprint density at radius 3 is 1.83 bits per heavy atom. The van der Waals surface area contributed by atoms with Crippen LogP contribution in [-0.2, 0) is 0 Å². The lowest BCUT2D eigenvalue weighted by Crippen LogP contribution is -1.93. The van der Waals surface area contributed by atoms with Crippen molar-refractivity contribution >= 4 is 0 Å². The molecule has 1 N–H and O–H groups in total. The summed E-state index contributed by atoms with van der Waals surface area (Å²) in [6, 6.07) is 5.86. The van der Waals surface area contributed by atoms with E-state index in [9.17, 15) is 0 Å². The van der Waals surface area contributed by atoms with Crippen LogP contribution in [0.3, 0.4) is 0 Å². The number of aromatic amines is 1. The van der Waals surface area contributed by atoms with Crippen molar-refractivity contribution in [3.8, 4) is 0 Å². The summed E-state index contributed by atoms with van der Waals surface area (Å²) in [4.78, 5) is 2.89. The highest BCUT2D eigenvalue weighted by Crippen LogP contribution is 1.68. The summed E-state index contributed by atoms with van der Waals surface area (Å²) in [6.45, 7) is 0. The first kappa shape index (κ1) is 3.34. The van der Waals surface area contributed by atoms with Gasteiger partial charge in [-0.05, 0) is 0 Å². The van der Waals surface area contributed by atoms with Crippen LogP contribution in [0.4, 0.5) is 0 Å². The zero-order chi connectivity index (χ0) is 4.24. The number of hydrogen-bond acceptors (Lipinski definition) is 0. The van der Waals surface area contributed by atoms with Crippen LogP contribution in [-0.4, -0.2) is 0 Å². The van der Waals surface area contributed by atoms with Gasteiger partial charge in [-0.3, -0.25) is 0 Å². The van der Waals surface area contributed by atoms with Gasteiger partial charge in [0.15, 0.2) is 12.4 Å². The van der Waals surface area contributed by atoms with Crippen molar-refractivity contribution in [1.29, 1.82) is 0 Å². The number of nitrogens with one attached hydrogen (secondary N) is 1. The van der Waals surface area contributed by atoms with E-state index in [0.717, 1.165) is 0 Å². The molecule has 0 spiro atoms. The van der Waals surface area contributed by atoms with Crippen LogP contribution < -0.4 is 4.98 Å². The Kier molecular flexibility index (Phi) is 0.865. The Bertz CT molecular complexity index is 80.0. The Labute approximate surface area is 38.1 Å². The smallest absolute Gasteiger partial charge is 0.218 e. The summed E-state index contributed by atoms with van der Waals surface area (Å²) in [5.41, 5.74) is 0. The maximum Gasteiger partial charge on any atom is 1.00 e. The Morgan fingerprint density at radius 2 is 1.67 bits per heavy atom. The number of pyridine rings is 1. The molecular weight excluding hydrogens is 74.1 g/mol. The molecule has 0 unspecified atom stereocenters. The molecule has 0 aliphatic carbocycles. The molecule has 1 rings (SSSR count). The van der Waals surface area contributed by atoms with Crippen molar-refractivity contribution in [2.75, 3.05) is 0 Å². The van der Waals surface area contributed by atoms with E-state index >= 15 is 0 Å². The van der Waals surface area contributed by atoms with E-state index in [0.29, 0.717) is 0 Å². The molecule has 1 aromatic rings. The number of rotatable bonds is 0. The fourth-order valence-electron chi connectivity index (χ4n) is 0.342. The van der Waals surface area contributed by atoms with Crippen molar-refractivity contribution in [3.63, 3.8) is 0 Å². The van der Waals surface area contributed by atoms with Gasteiger partial charge >= 0.3 is 1.43 Å². The minimum atomic E-state index is 0. The molecular formula is C5H7N+2. The average Bonchev–Trinajstić information content (AvgIpc) is 1.72. The van der Waals surface area contributed by atoms with Gasteiger partial charge < -0.3 is 0 Å². The van der Waals surface area contributed by atoms with Gasteiger partial charge in [0.25, 0.3) is 0 Å². The molecule has 0 aliphatic rings. The molecule has 0 fully saturated rings. The molecule has 1 heteroatoms. The quantitative estimate of drug-likeness (QED) is 0.434. The molecule has 0 amide bonds. The monoisotopic (exact) mass is 81.1 g/mol. The van der Waals surface area contributed by atoms with E-state index in [4.69, 9.17) is 0 Å². The molecule has 0 aromatic carbocycles. The Hall–Kier alpha value is -0.850. The van der Waals surface area contributed by atoms with Crippen LogP contribution in [0.5, 0.6) is 0 Å². The first-order chi connectivity index (χ1) is 3.00. The molecule has 0 bridgehead atoms. The fourth-order valence-corrected chi connectivity index (χ4v) is 0.342. The molecule has 1 aromatic heterocycles. The van der Waals surface area contributed by atoms with E-state index in [2.05, 4.69) is 4.98 Å². The first-order valence-corrected chi connectivity index (χ1v) is 1.91. The summed E-state index contributed by atoms with van der Waals surface area (Å²) >= 11 is 0. The van der Waals surface area contributed by atoms with E-state index in [1.807, 2.05) is 30.6 Å².